The zero-order chi connectivity index (χ0) is 18.4. The number of nitrogens with two attached hydrogens (primary N) is 1. The molecule has 2 rings (SSSR count). The standard InChI is InChI=1S/C18H27N5O2/c1-18(2,3)25-17(24)23-12-10-22(11-13-23)15-7-4-6-14(16(15)20)21-9-5-8-19/h4,6-7,21H,5,9-13,20H2,1-3H3. The number of ether oxygens (including phenoxy) is 1. The first-order valence-corrected chi connectivity index (χ1v) is 8.54. The Labute approximate surface area is 149 Å². The summed E-state index contributed by atoms with van der Waals surface area (Å²) in [6.07, 6.45) is 0.158. The maximum atomic E-state index is 12.1. The maximum Gasteiger partial charge on any atom is 0.410 e. The molecule has 3 N–H and O–H groups in total. The van der Waals surface area contributed by atoms with Crippen LogP contribution in [0.5, 0.6) is 0 Å². The SMILES string of the molecule is CC(C)(C)OC(=O)N1CCN(c2cccc(NCCC#N)c2N)CC1. The van der Waals surface area contributed by atoms with Crippen molar-refractivity contribution in [2.45, 2.75) is 32.8 Å². The molecule has 1 heterocycles. The molecule has 1 aliphatic rings. The van der Waals surface area contributed by atoms with Crippen molar-refractivity contribution >= 4 is 23.2 Å². The fraction of sp³-hybridized carbons (Fsp3) is 0.556. The highest BCUT2D eigenvalue weighted by Crippen LogP contribution is 2.31. The lowest BCUT2D eigenvalue weighted by molar-refractivity contribution is 0.0240. The van der Waals surface area contributed by atoms with E-state index >= 15 is 0 Å². The van der Waals surface area contributed by atoms with E-state index in [-0.39, 0.29) is 6.09 Å². The Morgan fingerprint density at radius 2 is 2.00 bits per heavy atom. The third-order valence-corrected chi connectivity index (χ3v) is 3.91. The van der Waals surface area contributed by atoms with Crippen molar-refractivity contribution in [2.75, 3.05) is 48.7 Å². The van der Waals surface area contributed by atoms with Gasteiger partial charge in [-0.15, -0.1) is 0 Å². The number of nitrogens with zero attached hydrogens (tertiary/aromatic N) is 3. The highest BCUT2D eigenvalue weighted by molar-refractivity contribution is 5.81. The number of benzene rings is 1. The number of carbonyl (C=O) groups excluding carboxylic acids is 1. The molecule has 0 spiro atoms. The molecule has 0 unspecified atom stereocenters. The molecule has 1 aromatic rings. The molecule has 7 heteroatoms. The number of nitriles is 1. The van der Waals surface area contributed by atoms with Gasteiger partial charge in [-0.2, -0.15) is 5.26 Å². The first kappa shape index (κ1) is 18.7. The van der Waals surface area contributed by atoms with Gasteiger partial charge in [0.1, 0.15) is 5.60 Å². The van der Waals surface area contributed by atoms with E-state index < -0.39 is 5.60 Å². The predicted molar refractivity (Wildman–Crippen MR) is 99.6 cm³/mol. The van der Waals surface area contributed by atoms with Gasteiger partial charge in [-0.25, -0.2) is 4.79 Å². The Bertz CT molecular complexity index is 640. The van der Waals surface area contributed by atoms with Crippen molar-refractivity contribution in [1.82, 2.24) is 4.90 Å². The maximum absolute atomic E-state index is 12.1. The van der Waals surface area contributed by atoms with Gasteiger partial charge in [-0.3, -0.25) is 0 Å². The second-order valence-electron chi connectivity index (χ2n) is 7.03. The van der Waals surface area contributed by atoms with Gasteiger partial charge in [0.15, 0.2) is 0 Å². The van der Waals surface area contributed by atoms with Crippen molar-refractivity contribution in [3.8, 4) is 6.07 Å². The Morgan fingerprint density at radius 3 is 2.60 bits per heavy atom. The first-order chi connectivity index (χ1) is 11.8. The van der Waals surface area contributed by atoms with Crippen molar-refractivity contribution in [2.24, 2.45) is 0 Å². The summed E-state index contributed by atoms with van der Waals surface area (Å²) in [6.45, 7) is 8.76. The predicted octanol–water partition coefficient (Wildman–Crippen LogP) is 2.65. The zero-order valence-electron chi connectivity index (χ0n) is 15.2. The van der Waals surface area contributed by atoms with Gasteiger partial charge in [0, 0.05) is 32.7 Å². The lowest BCUT2D eigenvalue weighted by Crippen LogP contribution is -2.50. The Hall–Kier alpha value is -2.62. The zero-order valence-corrected chi connectivity index (χ0v) is 15.2. The minimum Gasteiger partial charge on any atom is -0.444 e. The number of carbonyl (C=O) groups is 1. The average molecular weight is 345 g/mol. The number of piperazine rings is 1. The third kappa shape index (κ3) is 5.18. The fourth-order valence-electron chi connectivity index (χ4n) is 2.69. The number of rotatable bonds is 4. The van der Waals surface area contributed by atoms with Crippen LogP contribution in [0.3, 0.4) is 0 Å². The highest BCUT2D eigenvalue weighted by atomic mass is 16.6. The fourth-order valence-corrected chi connectivity index (χ4v) is 2.69. The molecular weight excluding hydrogens is 318 g/mol. The Morgan fingerprint density at radius 1 is 1.32 bits per heavy atom. The van der Waals surface area contributed by atoms with Gasteiger partial charge in [0.25, 0.3) is 0 Å². The normalized spacial score (nSPS) is 14.8. The van der Waals surface area contributed by atoms with E-state index in [9.17, 15) is 4.79 Å². The molecule has 0 aromatic heterocycles. The van der Waals surface area contributed by atoms with Gasteiger partial charge in [-0.1, -0.05) is 6.07 Å². The number of para-hydroxylation sites is 1. The van der Waals surface area contributed by atoms with E-state index in [0.29, 0.717) is 44.8 Å². The van der Waals surface area contributed by atoms with Crippen LogP contribution >= 0.6 is 0 Å². The van der Waals surface area contributed by atoms with E-state index in [1.807, 2.05) is 39.0 Å². The van der Waals surface area contributed by atoms with Crippen LogP contribution in [-0.4, -0.2) is 49.3 Å². The topological polar surface area (TPSA) is 94.6 Å². The molecule has 25 heavy (non-hydrogen) atoms. The van der Waals surface area contributed by atoms with Gasteiger partial charge in [-0.05, 0) is 32.9 Å². The lowest BCUT2D eigenvalue weighted by Gasteiger charge is -2.37. The van der Waals surface area contributed by atoms with E-state index in [4.69, 9.17) is 15.7 Å². The number of nitrogens with one attached hydrogen (secondary N) is 1. The largest absolute Gasteiger partial charge is 0.444 e. The van der Waals surface area contributed by atoms with Crippen molar-refractivity contribution < 1.29 is 9.53 Å². The monoisotopic (exact) mass is 345 g/mol. The molecule has 1 aliphatic heterocycles. The van der Waals surface area contributed by atoms with Crippen LogP contribution in [0.2, 0.25) is 0 Å². The van der Waals surface area contributed by atoms with Crippen LogP contribution in [-0.2, 0) is 4.74 Å². The Kier molecular flexibility index (Phi) is 5.97. The van der Waals surface area contributed by atoms with E-state index in [1.54, 1.807) is 4.90 Å². The molecule has 1 saturated heterocycles. The highest BCUT2D eigenvalue weighted by Gasteiger charge is 2.26. The molecule has 1 amide bonds. The van der Waals surface area contributed by atoms with Gasteiger partial charge in [0.05, 0.1) is 29.6 Å². The van der Waals surface area contributed by atoms with Gasteiger partial charge >= 0.3 is 6.09 Å². The van der Waals surface area contributed by atoms with Gasteiger partial charge < -0.3 is 25.6 Å². The molecular formula is C18H27N5O2. The molecule has 0 bridgehead atoms. The lowest BCUT2D eigenvalue weighted by atomic mass is 10.2. The summed E-state index contributed by atoms with van der Waals surface area (Å²) < 4.78 is 5.42. The van der Waals surface area contributed by atoms with Crippen molar-refractivity contribution in [3.05, 3.63) is 18.2 Å². The first-order valence-electron chi connectivity index (χ1n) is 8.54. The number of nitrogen functional groups attached to an aromatic ring is 1. The van der Waals surface area contributed by atoms with E-state index in [1.165, 1.54) is 0 Å². The summed E-state index contributed by atoms with van der Waals surface area (Å²) in [6, 6.07) is 7.94. The summed E-state index contributed by atoms with van der Waals surface area (Å²) in [5.74, 6) is 0. The minimum absolute atomic E-state index is 0.271. The van der Waals surface area contributed by atoms with Gasteiger partial charge in [0.2, 0.25) is 0 Å². The van der Waals surface area contributed by atoms with Crippen LogP contribution in [0.4, 0.5) is 21.9 Å². The molecule has 0 saturated carbocycles. The number of hydrogen-bond donors (Lipinski definition) is 2. The summed E-state index contributed by atoms with van der Waals surface area (Å²) in [5.41, 5.74) is 8.26. The van der Waals surface area contributed by atoms with E-state index in [2.05, 4.69) is 16.3 Å². The molecule has 1 fully saturated rings. The van der Waals surface area contributed by atoms with Crippen LogP contribution in [0.15, 0.2) is 18.2 Å². The quantitative estimate of drug-likeness (QED) is 0.643. The average Bonchev–Trinajstić information content (AvgIpc) is 2.55. The van der Waals surface area contributed by atoms with E-state index in [0.717, 1.165) is 11.4 Å². The summed E-state index contributed by atoms with van der Waals surface area (Å²) >= 11 is 0. The van der Waals surface area contributed by atoms with Crippen molar-refractivity contribution in [3.63, 3.8) is 0 Å². The van der Waals surface area contributed by atoms with Crippen LogP contribution in [0, 0.1) is 11.3 Å². The van der Waals surface area contributed by atoms with Crippen LogP contribution in [0.1, 0.15) is 27.2 Å². The number of amides is 1. The molecule has 0 radical (unpaired) electrons. The second kappa shape index (κ2) is 7.97. The molecule has 0 atom stereocenters. The molecule has 7 nitrogen and oxygen atoms in total. The smallest absolute Gasteiger partial charge is 0.410 e. The molecule has 136 valence electrons. The summed E-state index contributed by atoms with van der Waals surface area (Å²) in [4.78, 5) is 16.1. The number of anilines is 3. The van der Waals surface area contributed by atoms with Crippen LogP contribution < -0.4 is 16.0 Å². The second-order valence-corrected chi connectivity index (χ2v) is 7.03. The molecule has 0 aliphatic carbocycles. The number of hydrogen-bond acceptors (Lipinski definition) is 6. The Balaban J connectivity index is 1.98. The minimum atomic E-state index is -0.484. The summed E-state index contributed by atoms with van der Waals surface area (Å²) in [5, 5.41) is 11.8. The van der Waals surface area contributed by atoms with Crippen LogP contribution in [0.25, 0.3) is 0 Å². The summed E-state index contributed by atoms with van der Waals surface area (Å²) in [7, 11) is 0. The third-order valence-electron chi connectivity index (χ3n) is 3.91. The molecule has 1 aromatic carbocycles. The van der Waals surface area contributed by atoms with Crippen molar-refractivity contribution in [1.29, 1.82) is 5.26 Å².